The van der Waals surface area contributed by atoms with E-state index in [0.29, 0.717) is 0 Å². The molecule has 0 N–H and O–H groups in total. The SMILES string of the molecule is CC1=Cc2ccccc2[CH]1[Zr]([Cl])([Cl])([CH]1C(C)=Cc2ccccc21)[SiH]([Si](C)(C)C)[Si](C)(C)C. The van der Waals surface area contributed by atoms with Crippen LogP contribution < -0.4 is 0 Å². The van der Waals surface area contributed by atoms with Crippen molar-refractivity contribution in [2.45, 2.75) is 60.4 Å². The van der Waals surface area contributed by atoms with Crippen molar-refractivity contribution in [1.82, 2.24) is 0 Å². The van der Waals surface area contributed by atoms with Crippen molar-refractivity contribution in [2.24, 2.45) is 0 Å². The molecule has 0 saturated heterocycles. The molecule has 6 heteroatoms. The average Bonchev–Trinajstić information content (AvgIpc) is 3.14. The Labute approximate surface area is 205 Å². The fraction of sp³-hybridized carbons (Fsp3) is 0.385. The van der Waals surface area contributed by atoms with Crippen molar-refractivity contribution in [3.8, 4) is 0 Å². The van der Waals surface area contributed by atoms with Gasteiger partial charge < -0.3 is 0 Å². The van der Waals surface area contributed by atoms with Crippen LogP contribution in [0.3, 0.4) is 0 Å². The Balaban J connectivity index is 2.12. The second kappa shape index (κ2) is 8.03. The summed E-state index contributed by atoms with van der Waals surface area (Å²) >= 11 is -4.64. The Morgan fingerprint density at radius 2 is 1.00 bits per heavy atom. The molecule has 0 aromatic heterocycles. The maximum atomic E-state index is 8.61. The van der Waals surface area contributed by atoms with Gasteiger partial charge in [0.1, 0.15) is 0 Å². The molecule has 0 amide bonds. The van der Waals surface area contributed by atoms with E-state index in [9.17, 15) is 0 Å². The van der Waals surface area contributed by atoms with E-state index in [-0.39, 0.29) is 7.25 Å². The van der Waals surface area contributed by atoms with Gasteiger partial charge in [0.05, 0.1) is 0 Å². The Hall–Kier alpha value is 0.0338. The summed E-state index contributed by atoms with van der Waals surface area (Å²) in [4.78, 5) is -1.52. The summed E-state index contributed by atoms with van der Waals surface area (Å²) < 4.78 is 0.455. The fourth-order valence-corrected chi connectivity index (χ4v) is 237. The van der Waals surface area contributed by atoms with Crippen LogP contribution in [0, 0.1) is 0 Å². The van der Waals surface area contributed by atoms with Crippen LogP contribution in [0.25, 0.3) is 12.2 Å². The predicted molar refractivity (Wildman–Crippen MR) is 151 cm³/mol. The standard InChI is InChI=1S/2C10H9.C6H19Si3.2ClH.Zr/c2*1-8-6-9-4-2-3-5-10(9)7-8;1-8(2,3)7-9(4,5)6;;;/h2*2-7H,1H3;7H,1-6H3;2*1H;/q;;;;;+2/p-2. The minimum absolute atomic E-state index is 0.227. The van der Waals surface area contributed by atoms with Gasteiger partial charge in [-0.15, -0.1) is 0 Å². The first kappa shape index (κ1) is 25.1. The molecule has 4 rings (SSSR count). The molecule has 0 nitrogen and oxygen atoms in total. The van der Waals surface area contributed by atoms with Crippen molar-refractivity contribution >= 4 is 49.3 Å². The van der Waals surface area contributed by atoms with E-state index in [1.165, 1.54) is 33.4 Å². The molecule has 2 unspecified atom stereocenters. The molecule has 0 aliphatic heterocycles. The molecule has 2 aromatic carbocycles. The van der Waals surface area contributed by atoms with Crippen LogP contribution in [-0.4, -0.2) is 20.1 Å². The van der Waals surface area contributed by atoms with Gasteiger partial charge in [-0.1, -0.05) is 0 Å². The summed E-state index contributed by atoms with van der Waals surface area (Å²) in [5.41, 5.74) is 8.31. The third kappa shape index (κ3) is 3.76. The number of halogens is 2. The van der Waals surface area contributed by atoms with Gasteiger partial charge in [-0.05, 0) is 0 Å². The van der Waals surface area contributed by atoms with Gasteiger partial charge in [-0.25, -0.2) is 0 Å². The van der Waals surface area contributed by atoms with Crippen LogP contribution in [0.4, 0.5) is 0 Å². The van der Waals surface area contributed by atoms with Gasteiger partial charge in [0.25, 0.3) is 0 Å². The second-order valence-corrected chi connectivity index (χ2v) is 82.7. The van der Waals surface area contributed by atoms with Crippen LogP contribution in [0.15, 0.2) is 59.7 Å². The third-order valence-corrected chi connectivity index (χ3v) is 146. The first-order valence-corrected chi connectivity index (χ1v) is 36.4. The first-order valence-electron chi connectivity index (χ1n) is 11.8. The number of fused-ring (bicyclic) bond motifs is 2. The third-order valence-electron chi connectivity index (χ3n) is 7.68. The number of rotatable bonds is 5. The number of hydrogen-bond acceptors (Lipinski definition) is 0. The number of benzene rings is 2. The van der Waals surface area contributed by atoms with Gasteiger partial charge in [-0.2, -0.15) is 0 Å². The van der Waals surface area contributed by atoms with Crippen molar-refractivity contribution < 1.29 is 15.6 Å². The Morgan fingerprint density at radius 1 is 0.656 bits per heavy atom. The summed E-state index contributed by atoms with van der Waals surface area (Å²) in [6.07, 6.45) is 4.77. The van der Waals surface area contributed by atoms with E-state index in [1.54, 1.807) is 0 Å². The summed E-state index contributed by atoms with van der Waals surface area (Å²) in [5.74, 6) is 0. The number of hydrogen-bond donors (Lipinski definition) is 0. The zero-order chi connectivity index (χ0) is 23.7. The quantitative estimate of drug-likeness (QED) is 0.303. The van der Waals surface area contributed by atoms with Crippen molar-refractivity contribution in [1.29, 1.82) is 0 Å². The van der Waals surface area contributed by atoms with E-state index >= 15 is 0 Å². The van der Waals surface area contributed by atoms with Gasteiger partial charge in [0, 0.05) is 0 Å². The van der Waals surface area contributed by atoms with E-state index in [4.69, 9.17) is 17.0 Å². The van der Waals surface area contributed by atoms with Crippen LogP contribution in [0.5, 0.6) is 0 Å². The van der Waals surface area contributed by atoms with E-state index in [2.05, 4.69) is 114 Å². The molecule has 2 aliphatic rings. The summed E-state index contributed by atoms with van der Waals surface area (Å²) in [7, 11) is 14.0. The summed E-state index contributed by atoms with van der Waals surface area (Å²) in [6, 6.07) is 17.8. The maximum absolute atomic E-state index is 8.61. The number of allylic oxidation sites excluding steroid dienone is 2. The van der Waals surface area contributed by atoms with Gasteiger partial charge in [0.2, 0.25) is 0 Å². The fourth-order valence-electron chi connectivity index (χ4n) is 7.88. The van der Waals surface area contributed by atoms with Crippen LogP contribution in [0.1, 0.15) is 43.4 Å². The van der Waals surface area contributed by atoms with E-state index in [0.717, 1.165) is 0 Å². The van der Waals surface area contributed by atoms with E-state index < -0.39 is 35.7 Å². The van der Waals surface area contributed by atoms with Gasteiger partial charge in [0.15, 0.2) is 0 Å². The Bertz CT molecular complexity index is 1050. The van der Waals surface area contributed by atoms with Gasteiger partial charge in [-0.3, -0.25) is 0 Å². The molecule has 0 fully saturated rings. The van der Waals surface area contributed by atoms with Crippen molar-refractivity contribution in [3.63, 3.8) is 0 Å². The molecular weight excluding hydrogens is 559 g/mol. The van der Waals surface area contributed by atoms with Crippen molar-refractivity contribution in [2.75, 3.05) is 0 Å². The molecule has 2 atom stereocenters. The predicted octanol–water partition coefficient (Wildman–Crippen LogP) is 8.86. The van der Waals surface area contributed by atoms with Crippen LogP contribution in [0.2, 0.25) is 39.3 Å². The zero-order valence-electron chi connectivity index (χ0n) is 20.8. The zero-order valence-corrected chi connectivity index (χ0v) is 27.9. The molecule has 171 valence electrons. The van der Waals surface area contributed by atoms with Crippen LogP contribution in [-0.2, 0) is 15.6 Å². The molecule has 0 saturated carbocycles. The minimum atomic E-state index is -4.64. The molecular formula is C26H37Cl2Si3Zr. The second-order valence-electron chi connectivity index (χ2n) is 12.3. The topological polar surface area (TPSA) is 0 Å². The normalized spacial score (nSPS) is 22.2. The average molecular weight is 596 g/mol. The van der Waals surface area contributed by atoms with Crippen LogP contribution >= 0.6 is 17.0 Å². The molecule has 32 heavy (non-hydrogen) atoms. The molecule has 0 heterocycles. The molecule has 0 bridgehead atoms. The summed E-state index contributed by atoms with van der Waals surface area (Å²) in [6.45, 7) is 20.1. The Kier molecular flexibility index (Phi) is 6.31. The molecule has 2 aliphatic carbocycles. The van der Waals surface area contributed by atoms with Crippen molar-refractivity contribution in [3.05, 3.63) is 81.9 Å². The molecule has 0 spiro atoms. The Morgan fingerprint density at radius 3 is 1.34 bits per heavy atom. The first-order chi connectivity index (χ1) is 14.7. The summed E-state index contributed by atoms with van der Waals surface area (Å²) in [5, 5.41) is 0. The van der Waals surface area contributed by atoms with E-state index in [1.807, 2.05) is 0 Å². The molecule has 2 aromatic rings. The van der Waals surface area contributed by atoms with Gasteiger partial charge >= 0.3 is 207 Å². The molecule has 0 radical (unpaired) electrons. The monoisotopic (exact) mass is 593 g/mol.